The highest BCUT2D eigenvalue weighted by Gasteiger charge is 2.31. The Hall–Kier alpha value is -10.5. The standard InChI is InChI=1S/C90H48N2S6/c1-3-15-51-35-57-41-83-67(39-55(57)33-49(51)13-1)69-45-87-75(47-85(69)97-83)91(73-19-7-11-23-81(73)95-87)59-27-29-63-71(43-59)89(53-25-31-79-65(37-53)61-17-5-9-21-77(61)93-79)64-30-28-60(44-72(64)90(63)54-26-32-80-66(38-54)62-18-6-10-22-78(62)94-80)92-74-20-8-12-24-82(74)96-88-46-70-68-40-56-34-50-14-2-4-16-52(50)36-58(56)42-84(68)98-86(70)48-76(88)92/h1-48H. The van der Waals surface area contributed by atoms with Crippen LogP contribution in [0.3, 0.4) is 0 Å². The first-order chi connectivity index (χ1) is 48.5. The average Bonchev–Trinajstić information content (AvgIpc) is 0.948. The van der Waals surface area contributed by atoms with E-state index in [1.54, 1.807) is 0 Å². The van der Waals surface area contributed by atoms with E-state index in [9.17, 15) is 0 Å². The third-order valence-corrected chi connectivity index (χ3v) is 27.6. The third kappa shape index (κ3) is 8.04. The average molecular weight is 1350 g/mol. The zero-order valence-electron chi connectivity index (χ0n) is 52.1. The number of hydrogen-bond acceptors (Lipinski definition) is 8. The van der Waals surface area contributed by atoms with Crippen molar-refractivity contribution in [2.45, 2.75) is 19.6 Å². The number of nitrogens with zero attached hydrogens (tertiary/aromatic N) is 2. The number of thiophene rings is 4. The summed E-state index contributed by atoms with van der Waals surface area (Å²) in [7, 11) is 0. The molecule has 0 spiro atoms. The topological polar surface area (TPSA) is 6.48 Å². The molecule has 0 fully saturated rings. The molecule has 8 heteroatoms. The summed E-state index contributed by atoms with van der Waals surface area (Å²) in [6, 6.07) is 112. The molecule has 0 amide bonds. The van der Waals surface area contributed by atoms with Gasteiger partial charge < -0.3 is 9.80 Å². The molecule has 23 rings (SSSR count). The number of anilines is 6. The summed E-state index contributed by atoms with van der Waals surface area (Å²) in [6.45, 7) is 0. The monoisotopic (exact) mass is 1350 g/mol. The van der Waals surface area contributed by atoms with Crippen LogP contribution in [0.4, 0.5) is 34.1 Å². The smallest absolute Gasteiger partial charge is 0.0616 e. The van der Waals surface area contributed by atoms with Crippen LogP contribution in [0.1, 0.15) is 0 Å². The van der Waals surface area contributed by atoms with Gasteiger partial charge in [0.1, 0.15) is 0 Å². The molecule has 0 saturated carbocycles. The van der Waals surface area contributed by atoms with Gasteiger partial charge >= 0.3 is 0 Å². The molecule has 2 nitrogen and oxygen atoms in total. The molecule has 2 aliphatic rings. The fourth-order valence-corrected chi connectivity index (χ4v) is 23.0. The maximum Gasteiger partial charge on any atom is 0.0616 e. The maximum absolute atomic E-state index is 2.56. The van der Waals surface area contributed by atoms with E-state index in [0.29, 0.717) is 0 Å². The Morgan fingerprint density at radius 3 is 1.00 bits per heavy atom. The first-order valence-electron chi connectivity index (χ1n) is 33.1. The fourth-order valence-electron chi connectivity index (χ4n) is 16.3. The molecule has 6 heterocycles. The Bertz CT molecular complexity index is 6740. The van der Waals surface area contributed by atoms with Gasteiger partial charge in [-0.25, -0.2) is 0 Å². The second kappa shape index (κ2) is 20.5. The van der Waals surface area contributed by atoms with Crippen molar-refractivity contribution < 1.29 is 0 Å². The quantitative estimate of drug-likeness (QED) is 0.162. The van der Waals surface area contributed by atoms with Gasteiger partial charge in [-0.2, -0.15) is 0 Å². The van der Waals surface area contributed by atoms with E-state index in [1.807, 2.05) is 68.9 Å². The van der Waals surface area contributed by atoms with Gasteiger partial charge in [0.2, 0.25) is 0 Å². The number of rotatable bonds is 4. The van der Waals surface area contributed by atoms with Crippen LogP contribution in [0.25, 0.3) is 168 Å². The highest BCUT2D eigenvalue weighted by atomic mass is 32.2. The van der Waals surface area contributed by atoms with Crippen LogP contribution in [0.15, 0.2) is 311 Å². The Kier molecular flexibility index (Phi) is 11.4. The SMILES string of the molecule is c1ccc2c(c1)Sc1cc3c(cc1N2c1ccc2c(-c4ccc5sc6ccccc6c5c4)c4cc(N5c6ccccc6Sc6cc7c(cc65)sc5cc6cc8ccccc8cc6cc57)ccc4c(-c4ccc5sc6ccccc6c5c4)c2c1)sc1cc2cc4ccccc4cc2cc13. The molecule has 0 atom stereocenters. The largest absolute Gasteiger partial charge is 0.308 e. The zero-order valence-corrected chi connectivity index (χ0v) is 57.0. The van der Waals surface area contributed by atoms with Gasteiger partial charge in [-0.15, -0.1) is 45.3 Å². The minimum absolute atomic E-state index is 1.13. The van der Waals surface area contributed by atoms with E-state index in [1.165, 1.54) is 210 Å². The van der Waals surface area contributed by atoms with E-state index in [0.717, 1.165) is 11.4 Å². The summed E-state index contributed by atoms with van der Waals surface area (Å²) in [5.41, 5.74) is 11.9. The van der Waals surface area contributed by atoms with Crippen molar-refractivity contribution in [1.82, 2.24) is 0 Å². The molecule has 4 aromatic heterocycles. The maximum atomic E-state index is 2.56. The van der Waals surface area contributed by atoms with Crippen LogP contribution >= 0.6 is 68.9 Å². The predicted molar refractivity (Wildman–Crippen MR) is 432 cm³/mol. The van der Waals surface area contributed by atoms with Crippen molar-refractivity contribution in [2.24, 2.45) is 0 Å². The lowest BCUT2D eigenvalue weighted by molar-refractivity contribution is 1.18. The molecule has 0 bridgehead atoms. The van der Waals surface area contributed by atoms with Crippen molar-refractivity contribution in [1.29, 1.82) is 0 Å². The molecule has 17 aromatic carbocycles. The lowest BCUT2D eigenvalue weighted by atomic mass is 9.84. The van der Waals surface area contributed by atoms with Crippen molar-refractivity contribution >= 4 is 248 Å². The van der Waals surface area contributed by atoms with E-state index in [2.05, 4.69) is 301 Å². The fraction of sp³-hybridized carbons (Fsp3) is 0. The molecule has 0 radical (unpaired) electrons. The first kappa shape index (κ1) is 54.6. The molecule has 0 saturated heterocycles. The van der Waals surface area contributed by atoms with Crippen LogP contribution in [0, 0.1) is 0 Å². The molecule has 98 heavy (non-hydrogen) atoms. The van der Waals surface area contributed by atoms with Crippen LogP contribution in [0.5, 0.6) is 0 Å². The number of para-hydroxylation sites is 2. The van der Waals surface area contributed by atoms with Gasteiger partial charge in [-0.1, -0.05) is 157 Å². The highest BCUT2D eigenvalue weighted by molar-refractivity contribution is 8.00. The van der Waals surface area contributed by atoms with Gasteiger partial charge in [0.25, 0.3) is 0 Å². The van der Waals surface area contributed by atoms with E-state index >= 15 is 0 Å². The van der Waals surface area contributed by atoms with Gasteiger partial charge in [0, 0.05) is 112 Å². The molecule has 0 unspecified atom stereocenters. The molecule has 2 aliphatic heterocycles. The normalized spacial score (nSPS) is 13.2. The third-order valence-electron chi connectivity index (χ3n) is 20.8. The lowest BCUT2D eigenvalue weighted by Crippen LogP contribution is -2.15. The highest BCUT2D eigenvalue weighted by Crippen LogP contribution is 2.59. The summed E-state index contributed by atoms with van der Waals surface area (Å²) in [6.07, 6.45) is 0. The second-order valence-electron chi connectivity index (χ2n) is 26.3. The molecular weight excluding hydrogens is 1300 g/mol. The first-order valence-corrected chi connectivity index (χ1v) is 38.0. The van der Waals surface area contributed by atoms with E-state index < -0.39 is 0 Å². The Balaban J connectivity index is 0.784. The van der Waals surface area contributed by atoms with Crippen molar-refractivity contribution in [3.8, 4) is 22.3 Å². The van der Waals surface area contributed by atoms with E-state index in [-0.39, 0.29) is 0 Å². The zero-order chi connectivity index (χ0) is 63.6. The summed E-state index contributed by atoms with van der Waals surface area (Å²) in [5, 5.41) is 25.4. The molecule has 21 aromatic rings. The number of benzene rings is 17. The Labute approximate surface area is 586 Å². The van der Waals surface area contributed by atoms with Crippen LogP contribution in [-0.2, 0) is 0 Å². The predicted octanol–water partition coefficient (Wildman–Crippen LogP) is 29.3. The van der Waals surface area contributed by atoms with Gasteiger partial charge in [0.05, 0.1) is 22.7 Å². The van der Waals surface area contributed by atoms with Gasteiger partial charge in [0.15, 0.2) is 0 Å². The molecule has 454 valence electrons. The molecular formula is C90H48N2S6. The number of hydrogen-bond donors (Lipinski definition) is 0. The van der Waals surface area contributed by atoms with Crippen molar-refractivity contribution in [3.05, 3.63) is 291 Å². The summed E-state index contributed by atoms with van der Waals surface area (Å²) >= 11 is 11.4. The van der Waals surface area contributed by atoms with Crippen molar-refractivity contribution in [2.75, 3.05) is 9.80 Å². The second-order valence-corrected chi connectivity index (χ2v) is 32.8. The van der Waals surface area contributed by atoms with Crippen LogP contribution < -0.4 is 9.80 Å². The lowest BCUT2D eigenvalue weighted by Gasteiger charge is -2.34. The summed E-state index contributed by atoms with van der Waals surface area (Å²) in [5.74, 6) is 0. The van der Waals surface area contributed by atoms with Crippen LogP contribution in [-0.4, -0.2) is 0 Å². The molecule has 0 aliphatic carbocycles. The van der Waals surface area contributed by atoms with Gasteiger partial charge in [-0.3, -0.25) is 0 Å². The number of fused-ring (bicyclic) bond motifs is 22. The molecule has 0 N–H and O–H groups in total. The summed E-state index contributed by atoms with van der Waals surface area (Å²) < 4.78 is 10.4. The Morgan fingerprint density at radius 2 is 0.541 bits per heavy atom. The Morgan fingerprint density at radius 1 is 0.184 bits per heavy atom. The minimum atomic E-state index is 1.13. The summed E-state index contributed by atoms with van der Waals surface area (Å²) in [4.78, 5) is 10.1. The minimum Gasteiger partial charge on any atom is -0.308 e. The van der Waals surface area contributed by atoms with Crippen molar-refractivity contribution in [3.63, 3.8) is 0 Å². The van der Waals surface area contributed by atoms with E-state index in [4.69, 9.17) is 0 Å². The van der Waals surface area contributed by atoms with Gasteiger partial charge in [-0.05, 0) is 245 Å². The van der Waals surface area contributed by atoms with Crippen LogP contribution in [0.2, 0.25) is 0 Å².